The fourth-order valence-electron chi connectivity index (χ4n) is 1.13. The fourth-order valence-corrected chi connectivity index (χ4v) is 1.13. The van der Waals surface area contributed by atoms with Gasteiger partial charge in [0.05, 0.1) is 6.04 Å². The summed E-state index contributed by atoms with van der Waals surface area (Å²) in [5.74, 6) is -0.0755. The van der Waals surface area contributed by atoms with E-state index in [4.69, 9.17) is 5.73 Å². The van der Waals surface area contributed by atoms with Gasteiger partial charge in [-0.15, -0.1) is 0 Å². The Morgan fingerprint density at radius 1 is 1.58 bits per heavy atom. The topological polar surface area (TPSA) is 55.1 Å². The minimum atomic E-state index is -0.416. The van der Waals surface area contributed by atoms with Crippen molar-refractivity contribution in [3.8, 4) is 0 Å². The van der Waals surface area contributed by atoms with E-state index >= 15 is 0 Å². The number of hydrogen-bond acceptors (Lipinski definition) is 2. The van der Waals surface area contributed by atoms with Gasteiger partial charge < -0.3 is 11.1 Å². The molecule has 0 saturated heterocycles. The Kier molecular flexibility index (Phi) is 4.24. The zero-order chi connectivity index (χ0) is 9.78. The Morgan fingerprint density at radius 2 is 2.08 bits per heavy atom. The molecule has 3 nitrogen and oxygen atoms in total. The molecule has 0 aromatic heterocycles. The minimum Gasteiger partial charge on any atom is -0.350 e. The van der Waals surface area contributed by atoms with Crippen molar-refractivity contribution >= 4 is 5.91 Å². The molecule has 3 N–H and O–H groups in total. The van der Waals surface area contributed by atoms with Gasteiger partial charge in [0.1, 0.15) is 0 Å². The molecule has 0 aliphatic rings. The van der Waals surface area contributed by atoms with Crippen molar-refractivity contribution in [2.45, 2.75) is 52.1 Å². The number of amides is 1. The van der Waals surface area contributed by atoms with Crippen LogP contribution in [0.3, 0.4) is 0 Å². The molecule has 0 unspecified atom stereocenters. The molecule has 72 valence electrons. The smallest absolute Gasteiger partial charge is 0.237 e. The lowest BCUT2D eigenvalue weighted by Gasteiger charge is -2.26. The highest BCUT2D eigenvalue weighted by atomic mass is 16.2. The third kappa shape index (κ3) is 4.34. The highest BCUT2D eigenvalue weighted by Crippen LogP contribution is 2.10. The van der Waals surface area contributed by atoms with E-state index in [0.717, 1.165) is 12.8 Å². The molecule has 0 heterocycles. The van der Waals surface area contributed by atoms with E-state index < -0.39 is 6.04 Å². The predicted octanol–water partition coefficient (Wildman–Crippen LogP) is 1.03. The molecule has 0 saturated carbocycles. The molecule has 0 fully saturated rings. The van der Waals surface area contributed by atoms with E-state index in [9.17, 15) is 4.79 Å². The molecule has 0 aromatic carbocycles. The molecule has 0 radical (unpaired) electrons. The quantitative estimate of drug-likeness (QED) is 0.665. The molecule has 0 aliphatic heterocycles. The average molecular weight is 172 g/mol. The number of carbonyl (C=O) groups excluding carboxylic acids is 1. The molecule has 0 aromatic rings. The van der Waals surface area contributed by atoms with E-state index in [-0.39, 0.29) is 11.4 Å². The van der Waals surface area contributed by atoms with Crippen molar-refractivity contribution in [3.05, 3.63) is 0 Å². The van der Waals surface area contributed by atoms with E-state index in [2.05, 4.69) is 12.2 Å². The van der Waals surface area contributed by atoms with Crippen molar-refractivity contribution in [2.24, 2.45) is 5.73 Å². The predicted molar refractivity (Wildman–Crippen MR) is 50.8 cm³/mol. The first-order valence-corrected chi connectivity index (χ1v) is 4.46. The van der Waals surface area contributed by atoms with Crippen LogP contribution in [-0.2, 0) is 4.79 Å². The van der Waals surface area contributed by atoms with E-state index in [1.54, 1.807) is 6.92 Å². The Morgan fingerprint density at radius 3 is 2.42 bits per heavy atom. The maximum absolute atomic E-state index is 11.2. The Bertz CT molecular complexity index is 153. The summed E-state index contributed by atoms with van der Waals surface area (Å²) in [6, 6.07) is -0.416. The first kappa shape index (κ1) is 11.4. The van der Waals surface area contributed by atoms with Crippen LogP contribution in [0.5, 0.6) is 0 Å². The Labute approximate surface area is 74.7 Å². The van der Waals surface area contributed by atoms with Crippen LogP contribution in [0.1, 0.15) is 40.5 Å². The Balaban J connectivity index is 3.96. The number of nitrogens with two attached hydrogens (primary N) is 1. The van der Waals surface area contributed by atoms with Crippen LogP contribution in [0.4, 0.5) is 0 Å². The SMILES string of the molecule is CCCC(C)(C)NC(=O)[C@@H](C)N. The molecule has 0 spiro atoms. The van der Waals surface area contributed by atoms with Crippen LogP contribution in [0.15, 0.2) is 0 Å². The van der Waals surface area contributed by atoms with Gasteiger partial charge in [0.25, 0.3) is 0 Å². The van der Waals surface area contributed by atoms with Crippen LogP contribution in [0, 0.1) is 0 Å². The van der Waals surface area contributed by atoms with Crippen molar-refractivity contribution in [1.29, 1.82) is 0 Å². The van der Waals surface area contributed by atoms with Crippen molar-refractivity contribution in [3.63, 3.8) is 0 Å². The van der Waals surface area contributed by atoms with Gasteiger partial charge in [-0.05, 0) is 27.2 Å². The zero-order valence-electron chi connectivity index (χ0n) is 8.48. The molecule has 3 heteroatoms. The number of nitrogens with one attached hydrogen (secondary N) is 1. The molecule has 1 atom stereocenters. The van der Waals surface area contributed by atoms with Crippen molar-refractivity contribution in [2.75, 3.05) is 0 Å². The van der Waals surface area contributed by atoms with Crippen LogP contribution in [0.25, 0.3) is 0 Å². The molecule has 0 bridgehead atoms. The van der Waals surface area contributed by atoms with Crippen LogP contribution in [0.2, 0.25) is 0 Å². The summed E-state index contributed by atoms with van der Waals surface area (Å²) in [6.07, 6.45) is 2.04. The normalized spacial score (nSPS) is 14.1. The summed E-state index contributed by atoms with van der Waals surface area (Å²) in [5.41, 5.74) is 5.30. The molecule has 0 rings (SSSR count). The van der Waals surface area contributed by atoms with Crippen LogP contribution in [-0.4, -0.2) is 17.5 Å². The lowest BCUT2D eigenvalue weighted by Crippen LogP contribution is -2.49. The molecule has 12 heavy (non-hydrogen) atoms. The molecule has 0 aliphatic carbocycles. The third-order valence-corrected chi connectivity index (χ3v) is 1.75. The minimum absolute atomic E-state index is 0.0755. The highest BCUT2D eigenvalue weighted by molar-refractivity contribution is 5.81. The molecular formula is C9H20N2O. The Hall–Kier alpha value is -0.570. The second-order valence-electron chi connectivity index (χ2n) is 3.91. The summed E-state index contributed by atoms with van der Waals surface area (Å²) in [7, 11) is 0. The average Bonchev–Trinajstić information content (AvgIpc) is 1.85. The maximum Gasteiger partial charge on any atom is 0.237 e. The van der Waals surface area contributed by atoms with Crippen LogP contribution >= 0.6 is 0 Å². The maximum atomic E-state index is 11.2. The lowest BCUT2D eigenvalue weighted by atomic mass is 9.98. The zero-order valence-corrected chi connectivity index (χ0v) is 8.48. The van der Waals surface area contributed by atoms with Gasteiger partial charge in [-0.3, -0.25) is 4.79 Å². The van der Waals surface area contributed by atoms with Gasteiger partial charge in [-0.1, -0.05) is 13.3 Å². The lowest BCUT2D eigenvalue weighted by molar-refractivity contribution is -0.123. The summed E-state index contributed by atoms with van der Waals surface area (Å²) in [4.78, 5) is 11.2. The van der Waals surface area contributed by atoms with E-state index in [1.165, 1.54) is 0 Å². The van der Waals surface area contributed by atoms with Gasteiger partial charge in [0.2, 0.25) is 5.91 Å². The van der Waals surface area contributed by atoms with Crippen LogP contribution < -0.4 is 11.1 Å². The number of rotatable bonds is 4. The number of hydrogen-bond donors (Lipinski definition) is 2. The standard InChI is InChI=1S/C9H20N2O/c1-5-6-9(3,4)11-8(12)7(2)10/h7H,5-6,10H2,1-4H3,(H,11,12)/t7-/m1/s1. The van der Waals surface area contributed by atoms with E-state index in [1.807, 2.05) is 13.8 Å². The second kappa shape index (κ2) is 4.45. The molecule has 1 amide bonds. The van der Waals surface area contributed by atoms with Gasteiger partial charge >= 0.3 is 0 Å². The monoisotopic (exact) mass is 172 g/mol. The van der Waals surface area contributed by atoms with Gasteiger partial charge in [0.15, 0.2) is 0 Å². The van der Waals surface area contributed by atoms with E-state index in [0.29, 0.717) is 0 Å². The fraction of sp³-hybridized carbons (Fsp3) is 0.889. The largest absolute Gasteiger partial charge is 0.350 e. The van der Waals surface area contributed by atoms with Gasteiger partial charge in [0, 0.05) is 5.54 Å². The van der Waals surface area contributed by atoms with Gasteiger partial charge in [-0.25, -0.2) is 0 Å². The summed E-state index contributed by atoms with van der Waals surface area (Å²) < 4.78 is 0. The summed E-state index contributed by atoms with van der Waals surface area (Å²) in [5, 5.41) is 2.89. The highest BCUT2D eigenvalue weighted by Gasteiger charge is 2.20. The first-order chi connectivity index (χ1) is 5.39. The third-order valence-electron chi connectivity index (χ3n) is 1.75. The molecular weight excluding hydrogens is 152 g/mol. The number of carbonyl (C=O) groups is 1. The second-order valence-corrected chi connectivity index (χ2v) is 3.91. The summed E-state index contributed by atoms with van der Waals surface area (Å²) in [6.45, 7) is 7.81. The summed E-state index contributed by atoms with van der Waals surface area (Å²) >= 11 is 0. The first-order valence-electron chi connectivity index (χ1n) is 4.46. The van der Waals surface area contributed by atoms with Gasteiger partial charge in [-0.2, -0.15) is 0 Å². The van der Waals surface area contributed by atoms with Crippen molar-refractivity contribution < 1.29 is 4.79 Å². The van der Waals surface area contributed by atoms with Crippen molar-refractivity contribution in [1.82, 2.24) is 5.32 Å².